The van der Waals surface area contributed by atoms with Gasteiger partial charge < -0.3 is 9.84 Å². The van der Waals surface area contributed by atoms with Crippen molar-refractivity contribution in [1.82, 2.24) is 5.32 Å². The van der Waals surface area contributed by atoms with Gasteiger partial charge in [-0.1, -0.05) is 0 Å². The van der Waals surface area contributed by atoms with Gasteiger partial charge in [0.05, 0.1) is 0 Å². The fraction of sp³-hybridized carbons (Fsp3) is 1.00. The molecule has 1 rings (SSSR count). The molecule has 10 heavy (non-hydrogen) atoms. The SMILES string of the molecule is CC(O)OC1CCCCN1. The Morgan fingerprint density at radius 3 is 2.90 bits per heavy atom. The zero-order chi connectivity index (χ0) is 7.40. The topological polar surface area (TPSA) is 41.5 Å². The number of hydrogen-bond donors (Lipinski definition) is 2. The van der Waals surface area contributed by atoms with Crippen molar-refractivity contribution in [2.24, 2.45) is 0 Å². The Kier molecular flexibility index (Phi) is 3.12. The second kappa shape index (κ2) is 3.91. The molecule has 1 aliphatic heterocycles. The summed E-state index contributed by atoms with van der Waals surface area (Å²) in [6.45, 7) is 2.65. The van der Waals surface area contributed by atoms with E-state index in [9.17, 15) is 0 Å². The lowest BCUT2D eigenvalue weighted by atomic mass is 10.1. The lowest BCUT2D eigenvalue weighted by molar-refractivity contribution is -0.139. The smallest absolute Gasteiger partial charge is 0.153 e. The van der Waals surface area contributed by atoms with E-state index < -0.39 is 6.29 Å². The van der Waals surface area contributed by atoms with E-state index in [0.29, 0.717) is 0 Å². The molecule has 0 saturated carbocycles. The molecule has 1 saturated heterocycles. The van der Waals surface area contributed by atoms with Crippen molar-refractivity contribution in [1.29, 1.82) is 0 Å². The molecule has 1 fully saturated rings. The van der Waals surface area contributed by atoms with Crippen LogP contribution in [0.4, 0.5) is 0 Å². The number of hydrogen-bond acceptors (Lipinski definition) is 3. The summed E-state index contributed by atoms with van der Waals surface area (Å²) in [5.74, 6) is 0. The summed E-state index contributed by atoms with van der Waals surface area (Å²) in [5, 5.41) is 12.0. The van der Waals surface area contributed by atoms with Crippen LogP contribution in [-0.4, -0.2) is 24.2 Å². The normalized spacial score (nSPS) is 30.0. The van der Waals surface area contributed by atoms with Crippen molar-refractivity contribution in [3.63, 3.8) is 0 Å². The minimum absolute atomic E-state index is 0.0775. The van der Waals surface area contributed by atoms with Crippen molar-refractivity contribution < 1.29 is 9.84 Å². The largest absolute Gasteiger partial charge is 0.368 e. The van der Waals surface area contributed by atoms with Gasteiger partial charge in [0, 0.05) is 0 Å². The van der Waals surface area contributed by atoms with Crippen molar-refractivity contribution in [2.45, 2.75) is 38.7 Å². The fourth-order valence-corrected chi connectivity index (χ4v) is 1.17. The summed E-state index contributed by atoms with van der Waals surface area (Å²) in [6.07, 6.45) is 2.87. The average Bonchev–Trinajstić information content (AvgIpc) is 1.88. The third kappa shape index (κ3) is 2.64. The fourth-order valence-electron chi connectivity index (χ4n) is 1.17. The lowest BCUT2D eigenvalue weighted by Crippen LogP contribution is -2.38. The first-order valence-electron chi connectivity index (χ1n) is 3.86. The maximum Gasteiger partial charge on any atom is 0.153 e. The molecule has 0 amide bonds. The summed E-state index contributed by atoms with van der Waals surface area (Å²) in [4.78, 5) is 0. The van der Waals surface area contributed by atoms with Crippen molar-refractivity contribution in [3.05, 3.63) is 0 Å². The highest BCUT2D eigenvalue weighted by molar-refractivity contribution is 4.63. The average molecular weight is 145 g/mol. The van der Waals surface area contributed by atoms with Crippen LogP contribution in [-0.2, 0) is 4.74 Å². The quantitative estimate of drug-likeness (QED) is 0.554. The van der Waals surface area contributed by atoms with Crippen LogP contribution in [0.1, 0.15) is 26.2 Å². The van der Waals surface area contributed by atoms with Gasteiger partial charge in [-0.2, -0.15) is 0 Å². The molecule has 2 N–H and O–H groups in total. The Morgan fingerprint density at radius 2 is 2.40 bits per heavy atom. The maximum absolute atomic E-state index is 8.84. The third-order valence-electron chi connectivity index (χ3n) is 1.63. The minimum Gasteiger partial charge on any atom is -0.368 e. The summed E-state index contributed by atoms with van der Waals surface area (Å²) >= 11 is 0. The molecule has 3 nitrogen and oxygen atoms in total. The van der Waals surface area contributed by atoms with Crippen LogP contribution >= 0.6 is 0 Å². The molecular weight excluding hydrogens is 130 g/mol. The van der Waals surface area contributed by atoms with E-state index >= 15 is 0 Å². The molecule has 1 aliphatic rings. The molecule has 0 aromatic carbocycles. The predicted octanol–water partition coefficient (Wildman–Crippen LogP) is 0.441. The zero-order valence-electron chi connectivity index (χ0n) is 6.34. The highest BCUT2D eigenvalue weighted by atomic mass is 16.6. The van der Waals surface area contributed by atoms with Gasteiger partial charge in [-0.25, -0.2) is 0 Å². The van der Waals surface area contributed by atoms with Gasteiger partial charge in [0.25, 0.3) is 0 Å². The predicted molar refractivity (Wildman–Crippen MR) is 38.4 cm³/mol. The van der Waals surface area contributed by atoms with Gasteiger partial charge in [0.1, 0.15) is 6.23 Å². The summed E-state index contributed by atoms with van der Waals surface area (Å²) in [5.41, 5.74) is 0. The Bertz CT molecular complexity index is 89.6. The second-order valence-electron chi connectivity index (χ2n) is 2.67. The van der Waals surface area contributed by atoms with Crippen molar-refractivity contribution >= 4 is 0 Å². The number of piperidine rings is 1. The zero-order valence-corrected chi connectivity index (χ0v) is 6.34. The summed E-state index contributed by atoms with van der Waals surface area (Å²) in [7, 11) is 0. The highest BCUT2D eigenvalue weighted by Crippen LogP contribution is 2.08. The van der Waals surface area contributed by atoms with E-state index in [1.54, 1.807) is 6.92 Å². The van der Waals surface area contributed by atoms with Crippen molar-refractivity contribution in [3.8, 4) is 0 Å². The second-order valence-corrected chi connectivity index (χ2v) is 2.67. The van der Waals surface area contributed by atoms with Gasteiger partial charge in [-0.05, 0) is 32.7 Å². The Labute approximate surface area is 61.4 Å². The molecule has 3 heteroatoms. The van der Waals surface area contributed by atoms with Gasteiger partial charge >= 0.3 is 0 Å². The van der Waals surface area contributed by atoms with Crippen LogP contribution in [0, 0.1) is 0 Å². The molecule has 0 bridgehead atoms. The number of nitrogens with one attached hydrogen (secondary N) is 1. The number of ether oxygens (including phenoxy) is 1. The van der Waals surface area contributed by atoms with E-state index in [-0.39, 0.29) is 6.23 Å². The Hall–Kier alpha value is -0.120. The van der Waals surface area contributed by atoms with Crippen LogP contribution in [0.5, 0.6) is 0 Å². The Balaban J connectivity index is 2.13. The standard InChI is InChI=1S/C7H15NO2/c1-6(9)10-7-4-2-3-5-8-7/h6-9H,2-5H2,1H3. The maximum atomic E-state index is 8.84. The highest BCUT2D eigenvalue weighted by Gasteiger charge is 2.13. The van der Waals surface area contributed by atoms with Gasteiger partial charge in [0.15, 0.2) is 6.29 Å². The molecule has 2 unspecified atom stereocenters. The van der Waals surface area contributed by atoms with Crippen molar-refractivity contribution in [2.75, 3.05) is 6.54 Å². The third-order valence-corrected chi connectivity index (χ3v) is 1.63. The molecule has 2 atom stereocenters. The van der Waals surface area contributed by atoms with Crippen LogP contribution in [0.25, 0.3) is 0 Å². The molecule has 0 aromatic rings. The van der Waals surface area contributed by atoms with Gasteiger partial charge in [0.2, 0.25) is 0 Å². The van der Waals surface area contributed by atoms with Crippen LogP contribution in [0.15, 0.2) is 0 Å². The molecule has 0 aromatic heterocycles. The van der Waals surface area contributed by atoms with E-state index in [1.165, 1.54) is 12.8 Å². The van der Waals surface area contributed by atoms with Gasteiger partial charge in [-0.15, -0.1) is 0 Å². The molecular formula is C7H15NO2. The summed E-state index contributed by atoms with van der Waals surface area (Å²) in [6, 6.07) is 0. The molecule has 0 aliphatic carbocycles. The number of aliphatic hydroxyl groups excluding tert-OH is 1. The first kappa shape index (κ1) is 7.98. The van der Waals surface area contributed by atoms with E-state index in [2.05, 4.69) is 5.32 Å². The molecule has 0 spiro atoms. The van der Waals surface area contributed by atoms with Crippen LogP contribution < -0.4 is 5.32 Å². The number of rotatable bonds is 2. The Morgan fingerprint density at radius 1 is 1.60 bits per heavy atom. The lowest BCUT2D eigenvalue weighted by Gasteiger charge is -2.24. The van der Waals surface area contributed by atoms with Crippen LogP contribution in [0.3, 0.4) is 0 Å². The van der Waals surface area contributed by atoms with E-state index in [0.717, 1.165) is 13.0 Å². The summed E-state index contributed by atoms with van der Waals surface area (Å²) < 4.78 is 5.14. The molecule has 0 radical (unpaired) electrons. The molecule has 1 heterocycles. The van der Waals surface area contributed by atoms with E-state index in [4.69, 9.17) is 9.84 Å². The first-order chi connectivity index (χ1) is 4.79. The number of aliphatic hydroxyl groups is 1. The monoisotopic (exact) mass is 145 g/mol. The molecule has 60 valence electrons. The van der Waals surface area contributed by atoms with Crippen LogP contribution in [0.2, 0.25) is 0 Å². The minimum atomic E-state index is -0.643. The van der Waals surface area contributed by atoms with E-state index in [1.807, 2.05) is 0 Å². The first-order valence-corrected chi connectivity index (χ1v) is 3.86. The van der Waals surface area contributed by atoms with Gasteiger partial charge in [-0.3, -0.25) is 5.32 Å².